The quantitative estimate of drug-likeness (QED) is 0.845. The predicted molar refractivity (Wildman–Crippen MR) is 95.7 cm³/mol. The molecular formula is C20H25N3O2. The summed E-state index contributed by atoms with van der Waals surface area (Å²) < 4.78 is 7.92. The third kappa shape index (κ3) is 3.15. The Morgan fingerprint density at radius 1 is 1.28 bits per heavy atom. The second kappa shape index (κ2) is 6.54. The largest absolute Gasteiger partial charge is 0.492 e. The number of hydrogen-bond acceptors (Lipinski definition) is 3. The average molecular weight is 339 g/mol. The first-order valence-electron chi connectivity index (χ1n) is 9.14. The van der Waals surface area contributed by atoms with Gasteiger partial charge in [0.25, 0.3) is 0 Å². The second-order valence-corrected chi connectivity index (χ2v) is 7.27. The summed E-state index contributed by atoms with van der Waals surface area (Å²) in [6, 6.07) is 10.4. The molecular weight excluding hydrogens is 314 g/mol. The summed E-state index contributed by atoms with van der Waals surface area (Å²) in [7, 11) is 0. The van der Waals surface area contributed by atoms with Crippen LogP contribution in [0, 0.1) is 19.8 Å². The molecule has 0 N–H and O–H groups in total. The van der Waals surface area contributed by atoms with Gasteiger partial charge in [0.05, 0.1) is 17.7 Å². The van der Waals surface area contributed by atoms with Crippen molar-refractivity contribution in [3.05, 3.63) is 47.3 Å². The van der Waals surface area contributed by atoms with E-state index < -0.39 is 0 Å². The molecule has 0 spiro atoms. The molecule has 4 rings (SSSR count). The lowest BCUT2D eigenvalue weighted by atomic mass is 9.94. The summed E-state index contributed by atoms with van der Waals surface area (Å²) in [5, 5.41) is 4.62. The minimum atomic E-state index is -0.0749. The Morgan fingerprint density at radius 3 is 2.92 bits per heavy atom. The van der Waals surface area contributed by atoms with E-state index in [1.165, 1.54) is 5.69 Å². The van der Waals surface area contributed by atoms with E-state index in [2.05, 4.69) is 28.8 Å². The summed E-state index contributed by atoms with van der Waals surface area (Å²) >= 11 is 0. The molecule has 1 fully saturated rings. The molecule has 0 bridgehead atoms. The van der Waals surface area contributed by atoms with Crippen LogP contribution in [-0.4, -0.2) is 40.3 Å². The first kappa shape index (κ1) is 16.2. The van der Waals surface area contributed by atoms with Crippen LogP contribution in [0.15, 0.2) is 30.3 Å². The highest BCUT2D eigenvalue weighted by molar-refractivity contribution is 5.80. The maximum atomic E-state index is 13.0. The van der Waals surface area contributed by atoms with Crippen molar-refractivity contribution < 1.29 is 9.53 Å². The standard InChI is InChI=1S/C20H25N3O2/c1-14-10-15(2)23(21-14)18-7-5-9-22(12-18)20(24)17-11-16-6-3-4-8-19(16)25-13-17/h3-4,6,8,10,17-18H,5,7,9,11-13H2,1-2H3/t17-,18+/m0/s1. The lowest BCUT2D eigenvalue weighted by Crippen LogP contribution is -2.46. The molecule has 2 atom stereocenters. The number of aryl methyl sites for hydroxylation is 2. The lowest BCUT2D eigenvalue weighted by molar-refractivity contribution is -0.138. The predicted octanol–water partition coefficient (Wildman–Crippen LogP) is 2.91. The maximum absolute atomic E-state index is 13.0. The van der Waals surface area contributed by atoms with Gasteiger partial charge < -0.3 is 9.64 Å². The number of hydrogen-bond donors (Lipinski definition) is 0. The number of likely N-dealkylation sites (tertiary alicyclic amines) is 1. The molecule has 132 valence electrons. The van der Waals surface area contributed by atoms with Crippen molar-refractivity contribution in [2.45, 2.75) is 39.2 Å². The van der Waals surface area contributed by atoms with E-state index in [0.717, 1.165) is 49.4 Å². The van der Waals surface area contributed by atoms with Crippen molar-refractivity contribution in [1.82, 2.24) is 14.7 Å². The Bertz CT molecular complexity index is 783. The zero-order valence-electron chi connectivity index (χ0n) is 14.9. The van der Waals surface area contributed by atoms with Gasteiger partial charge in [-0.05, 0) is 50.8 Å². The second-order valence-electron chi connectivity index (χ2n) is 7.27. The number of piperidine rings is 1. The number of carbonyl (C=O) groups excluding carboxylic acids is 1. The molecule has 2 aliphatic heterocycles. The molecule has 0 saturated carbocycles. The number of carbonyl (C=O) groups is 1. The fraction of sp³-hybridized carbons (Fsp3) is 0.500. The summed E-state index contributed by atoms with van der Waals surface area (Å²) in [5.74, 6) is 1.07. The zero-order chi connectivity index (χ0) is 17.4. The average Bonchev–Trinajstić information content (AvgIpc) is 2.99. The van der Waals surface area contributed by atoms with Gasteiger partial charge in [-0.3, -0.25) is 9.48 Å². The van der Waals surface area contributed by atoms with E-state index in [9.17, 15) is 4.79 Å². The highest BCUT2D eigenvalue weighted by Gasteiger charge is 2.33. The monoisotopic (exact) mass is 339 g/mol. The molecule has 0 unspecified atom stereocenters. The fourth-order valence-corrected chi connectivity index (χ4v) is 4.12. The molecule has 5 nitrogen and oxygen atoms in total. The molecule has 1 aromatic carbocycles. The van der Waals surface area contributed by atoms with Crippen molar-refractivity contribution in [2.24, 2.45) is 5.92 Å². The lowest BCUT2D eigenvalue weighted by Gasteiger charge is -2.36. The summed E-state index contributed by atoms with van der Waals surface area (Å²) in [6.45, 7) is 6.18. The van der Waals surface area contributed by atoms with Crippen LogP contribution in [-0.2, 0) is 11.2 Å². The Labute approximate surface area is 148 Å². The third-order valence-electron chi connectivity index (χ3n) is 5.33. The highest BCUT2D eigenvalue weighted by Crippen LogP contribution is 2.30. The summed E-state index contributed by atoms with van der Waals surface area (Å²) in [6.07, 6.45) is 2.88. The number of nitrogens with zero attached hydrogens (tertiary/aromatic N) is 3. The molecule has 5 heteroatoms. The molecule has 25 heavy (non-hydrogen) atoms. The van der Waals surface area contributed by atoms with Gasteiger partial charge in [-0.1, -0.05) is 18.2 Å². The molecule has 3 heterocycles. The van der Waals surface area contributed by atoms with E-state index in [0.29, 0.717) is 6.61 Å². The zero-order valence-corrected chi connectivity index (χ0v) is 14.9. The van der Waals surface area contributed by atoms with Gasteiger partial charge in [0.15, 0.2) is 0 Å². The Kier molecular flexibility index (Phi) is 4.24. The smallest absolute Gasteiger partial charge is 0.229 e. The van der Waals surface area contributed by atoms with Crippen LogP contribution in [0.5, 0.6) is 5.75 Å². The number of benzene rings is 1. The van der Waals surface area contributed by atoms with E-state index >= 15 is 0 Å². The van der Waals surface area contributed by atoms with Gasteiger partial charge in [-0.25, -0.2) is 0 Å². The van der Waals surface area contributed by atoms with Gasteiger partial charge in [0.2, 0.25) is 5.91 Å². The number of para-hydroxylation sites is 1. The first-order chi connectivity index (χ1) is 12.1. The molecule has 2 aliphatic rings. The highest BCUT2D eigenvalue weighted by atomic mass is 16.5. The van der Waals surface area contributed by atoms with Gasteiger partial charge in [-0.2, -0.15) is 5.10 Å². The van der Waals surface area contributed by atoms with E-state index in [-0.39, 0.29) is 17.9 Å². The normalized spacial score (nSPS) is 23.0. The molecule has 0 radical (unpaired) electrons. The number of rotatable bonds is 2. The summed E-state index contributed by atoms with van der Waals surface area (Å²) in [4.78, 5) is 15.1. The van der Waals surface area contributed by atoms with Crippen LogP contribution in [0.3, 0.4) is 0 Å². The Balaban J connectivity index is 1.46. The van der Waals surface area contributed by atoms with Gasteiger partial charge in [-0.15, -0.1) is 0 Å². The van der Waals surface area contributed by atoms with Crippen molar-refractivity contribution in [3.63, 3.8) is 0 Å². The minimum Gasteiger partial charge on any atom is -0.492 e. The maximum Gasteiger partial charge on any atom is 0.229 e. The van der Waals surface area contributed by atoms with Crippen molar-refractivity contribution >= 4 is 5.91 Å². The topological polar surface area (TPSA) is 47.4 Å². The fourth-order valence-electron chi connectivity index (χ4n) is 4.12. The van der Waals surface area contributed by atoms with E-state index in [1.807, 2.05) is 30.0 Å². The molecule has 2 aromatic rings. The number of ether oxygens (including phenoxy) is 1. The van der Waals surface area contributed by atoms with Crippen LogP contribution >= 0.6 is 0 Å². The van der Waals surface area contributed by atoms with Crippen molar-refractivity contribution in [1.29, 1.82) is 0 Å². The van der Waals surface area contributed by atoms with Crippen LogP contribution in [0.4, 0.5) is 0 Å². The Hall–Kier alpha value is -2.30. The number of amides is 1. The molecule has 0 aliphatic carbocycles. The van der Waals surface area contributed by atoms with Crippen LogP contribution in [0.2, 0.25) is 0 Å². The van der Waals surface area contributed by atoms with Gasteiger partial charge in [0.1, 0.15) is 12.4 Å². The van der Waals surface area contributed by atoms with E-state index in [4.69, 9.17) is 4.74 Å². The van der Waals surface area contributed by atoms with Gasteiger partial charge >= 0.3 is 0 Å². The molecule has 1 saturated heterocycles. The third-order valence-corrected chi connectivity index (χ3v) is 5.33. The number of fused-ring (bicyclic) bond motifs is 1. The van der Waals surface area contributed by atoms with Crippen LogP contribution in [0.1, 0.15) is 35.8 Å². The Morgan fingerprint density at radius 2 is 2.12 bits per heavy atom. The molecule has 1 aromatic heterocycles. The van der Waals surface area contributed by atoms with Crippen molar-refractivity contribution in [3.8, 4) is 5.75 Å². The van der Waals surface area contributed by atoms with E-state index in [1.54, 1.807) is 0 Å². The van der Waals surface area contributed by atoms with Gasteiger partial charge in [0, 0.05) is 18.8 Å². The molecule has 1 amide bonds. The van der Waals surface area contributed by atoms with Crippen LogP contribution in [0.25, 0.3) is 0 Å². The minimum absolute atomic E-state index is 0.0749. The SMILES string of the molecule is Cc1cc(C)n([C@@H]2CCCN(C(=O)[C@@H]3COc4ccccc4C3)C2)n1. The first-order valence-corrected chi connectivity index (χ1v) is 9.14. The number of aromatic nitrogens is 2. The van der Waals surface area contributed by atoms with Crippen molar-refractivity contribution in [2.75, 3.05) is 19.7 Å². The van der Waals surface area contributed by atoms with Crippen LogP contribution < -0.4 is 4.74 Å². The summed E-state index contributed by atoms with van der Waals surface area (Å²) in [5.41, 5.74) is 3.35.